The summed E-state index contributed by atoms with van der Waals surface area (Å²) >= 11 is 0. The molecule has 146 valence electrons. The number of carbonyl (C=O) groups is 2. The lowest BCUT2D eigenvalue weighted by molar-refractivity contribution is -0.139. The molecule has 2 amide bonds. The molecule has 2 saturated heterocycles. The molecule has 4 atom stereocenters. The minimum Gasteiger partial charge on any atom is -0.484 e. The summed E-state index contributed by atoms with van der Waals surface area (Å²) in [5.74, 6) is 0.225. The molecule has 3 fully saturated rings. The van der Waals surface area contributed by atoms with E-state index in [-0.39, 0.29) is 47.8 Å². The summed E-state index contributed by atoms with van der Waals surface area (Å²) in [6.07, 6.45) is 5.14. The van der Waals surface area contributed by atoms with Crippen molar-refractivity contribution in [2.45, 2.75) is 64.1 Å². The zero-order chi connectivity index (χ0) is 19.2. The molecule has 2 aliphatic heterocycles. The fourth-order valence-electron chi connectivity index (χ4n) is 5.64. The van der Waals surface area contributed by atoms with Gasteiger partial charge in [-0.05, 0) is 43.5 Å². The largest absolute Gasteiger partial charge is 0.484 e. The molecule has 2 heterocycles. The van der Waals surface area contributed by atoms with Gasteiger partial charge in [-0.25, -0.2) is 4.39 Å². The zero-order valence-corrected chi connectivity index (χ0v) is 16.0. The maximum Gasteiger partial charge on any atom is 0.261 e. The van der Waals surface area contributed by atoms with Crippen LogP contribution in [0.1, 0.15) is 46.0 Å². The maximum atomic E-state index is 13.1. The van der Waals surface area contributed by atoms with Crippen LogP contribution >= 0.6 is 0 Å². The molecule has 1 aromatic rings. The molecule has 5 nitrogen and oxygen atoms in total. The number of carbonyl (C=O) groups excluding carboxylic acids is 2. The number of nitrogens with zero attached hydrogens (tertiary/aromatic N) is 2. The van der Waals surface area contributed by atoms with Gasteiger partial charge in [0.25, 0.3) is 5.91 Å². The van der Waals surface area contributed by atoms with Gasteiger partial charge in [-0.15, -0.1) is 0 Å². The quantitative estimate of drug-likeness (QED) is 0.817. The predicted octanol–water partition coefficient (Wildman–Crippen LogP) is 2.99. The Bertz CT molecular complexity index is 737. The summed E-state index contributed by atoms with van der Waals surface area (Å²) < 4.78 is 18.7. The molecule has 1 aliphatic carbocycles. The molecule has 2 bridgehead atoms. The van der Waals surface area contributed by atoms with Crippen LogP contribution in [-0.4, -0.2) is 52.9 Å². The number of halogens is 1. The second-order valence-corrected chi connectivity index (χ2v) is 8.39. The lowest BCUT2D eigenvalue weighted by Gasteiger charge is -2.46. The van der Waals surface area contributed by atoms with Crippen LogP contribution in [0.3, 0.4) is 0 Å². The van der Waals surface area contributed by atoms with Gasteiger partial charge in [-0.1, -0.05) is 19.8 Å². The van der Waals surface area contributed by atoms with Crippen LogP contribution in [-0.2, 0) is 9.59 Å². The fraction of sp³-hybridized carbons (Fsp3) is 0.619. The molecule has 1 saturated carbocycles. The number of likely N-dealkylation sites (tertiary alicyclic amines) is 2. The monoisotopic (exact) mass is 374 g/mol. The number of hydrogen-bond donors (Lipinski definition) is 0. The summed E-state index contributed by atoms with van der Waals surface area (Å²) in [6.45, 7) is 4.45. The molecule has 3 aliphatic rings. The third kappa shape index (κ3) is 3.09. The van der Waals surface area contributed by atoms with E-state index in [4.69, 9.17) is 4.74 Å². The third-order valence-electron chi connectivity index (χ3n) is 6.78. The Morgan fingerprint density at radius 1 is 1.19 bits per heavy atom. The van der Waals surface area contributed by atoms with Crippen molar-refractivity contribution >= 4 is 11.8 Å². The van der Waals surface area contributed by atoms with E-state index in [2.05, 4.69) is 6.92 Å². The highest BCUT2D eigenvalue weighted by Crippen LogP contribution is 2.53. The maximum absolute atomic E-state index is 13.1. The Morgan fingerprint density at radius 3 is 2.52 bits per heavy atom. The van der Waals surface area contributed by atoms with Crippen molar-refractivity contribution in [3.63, 3.8) is 0 Å². The molecule has 6 heteroatoms. The summed E-state index contributed by atoms with van der Waals surface area (Å²) in [6, 6.07) is 6.15. The molecule has 0 radical (unpaired) electrons. The molecule has 27 heavy (non-hydrogen) atoms. The minimum absolute atomic E-state index is 0.0379. The Hall–Kier alpha value is -2.11. The number of ether oxygens (including phenoxy) is 1. The molecule has 0 aromatic heterocycles. The first-order valence-electron chi connectivity index (χ1n) is 9.87. The van der Waals surface area contributed by atoms with Crippen molar-refractivity contribution in [1.29, 1.82) is 0 Å². The van der Waals surface area contributed by atoms with Gasteiger partial charge in [0, 0.05) is 31.0 Å². The molecule has 0 spiro atoms. The van der Waals surface area contributed by atoms with Crippen molar-refractivity contribution in [1.82, 2.24) is 9.80 Å². The summed E-state index contributed by atoms with van der Waals surface area (Å²) in [5, 5.41) is 0. The van der Waals surface area contributed by atoms with Gasteiger partial charge in [0.15, 0.2) is 6.61 Å². The number of benzene rings is 1. The van der Waals surface area contributed by atoms with Gasteiger partial charge in [-0.2, -0.15) is 0 Å². The second-order valence-electron chi connectivity index (χ2n) is 8.39. The summed E-state index contributed by atoms with van der Waals surface area (Å²) in [5.41, 5.74) is -0.0450. The Balaban J connectivity index is 1.54. The van der Waals surface area contributed by atoms with Crippen LogP contribution in [0.5, 0.6) is 5.75 Å². The average molecular weight is 374 g/mol. The van der Waals surface area contributed by atoms with Crippen LogP contribution in [0.25, 0.3) is 0 Å². The van der Waals surface area contributed by atoms with E-state index in [0.717, 1.165) is 32.1 Å². The highest BCUT2D eigenvalue weighted by atomic mass is 19.1. The predicted molar refractivity (Wildman–Crippen MR) is 98.7 cm³/mol. The number of fused-ring (bicyclic) bond motifs is 1. The van der Waals surface area contributed by atoms with E-state index < -0.39 is 0 Å². The number of piperidine rings is 1. The third-order valence-corrected chi connectivity index (χ3v) is 6.78. The van der Waals surface area contributed by atoms with Gasteiger partial charge in [0.1, 0.15) is 11.6 Å². The average Bonchev–Trinajstić information content (AvgIpc) is 2.75. The SMILES string of the molecule is CC(=O)N1C[C@@H]2C[C@@]3(C)[C@H](CCCC[C@@H]13)N2C(=O)COc1ccc(F)cc1. The minimum atomic E-state index is -0.330. The van der Waals surface area contributed by atoms with Gasteiger partial charge >= 0.3 is 0 Å². The molecule has 4 rings (SSSR count). The van der Waals surface area contributed by atoms with Gasteiger partial charge in [-0.3, -0.25) is 9.59 Å². The number of rotatable bonds is 3. The van der Waals surface area contributed by atoms with Gasteiger partial charge in [0.2, 0.25) is 5.91 Å². The molecule has 0 N–H and O–H groups in total. The Morgan fingerprint density at radius 2 is 1.85 bits per heavy atom. The van der Waals surface area contributed by atoms with E-state index in [1.807, 2.05) is 9.80 Å². The first kappa shape index (κ1) is 18.3. The molecule has 1 aromatic carbocycles. The highest BCUT2D eigenvalue weighted by molar-refractivity contribution is 5.80. The Kier molecular flexibility index (Phi) is 4.60. The molecule has 0 unspecified atom stereocenters. The van der Waals surface area contributed by atoms with Crippen LogP contribution < -0.4 is 4.74 Å². The highest BCUT2D eigenvalue weighted by Gasteiger charge is 2.60. The van der Waals surface area contributed by atoms with Gasteiger partial charge in [0.05, 0.1) is 6.04 Å². The van der Waals surface area contributed by atoms with Crippen molar-refractivity contribution in [3.8, 4) is 5.75 Å². The van der Waals surface area contributed by atoms with Crippen molar-refractivity contribution in [2.24, 2.45) is 5.41 Å². The summed E-state index contributed by atoms with van der Waals surface area (Å²) in [4.78, 5) is 29.3. The van der Waals surface area contributed by atoms with Crippen LogP contribution in [0.4, 0.5) is 4.39 Å². The van der Waals surface area contributed by atoms with E-state index in [0.29, 0.717) is 12.3 Å². The number of hydrogen-bond acceptors (Lipinski definition) is 3. The topological polar surface area (TPSA) is 49.9 Å². The molecular formula is C21H27FN2O3. The molecular weight excluding hydrogens is 347 g/mol. The fourth-order valence-corrected chi connectivity index (χ4v) is 5.64. The lowest BCUT2D eigenvalue weighted by Crippen LogP contribution is -2.55. The van der Waals surface area contributed by atoms with Gasteiger partial charge < -0.3 is 14.5 Å². The smallest absolute Gasteiger partial charge is 0.261 e. The lowest BCUT2D eigenvalue weighted by atomic mass is 9.71. The Labute approximate surface area is 159 Å². The van der Waals surface area contributed by atoms with Crippen molar-refractivity contribution < 1.29 is 18.7 Å². The summed E-state index contributed by atoms with van der Waals surface area (Å²) in [7, 11) is 0. The van der Waals surface area contributed by atoms with E-state index in [1.54, 1.807) is 6.92 Å². The normalized spacial score (nSPS) is 32.2. The first-order chi connectivity index (χ1) is 12.9. The first-order valence-corrected chi connectivity index (χ1v) is 9.87. The van der Waals surface area contributed by atoms with Crippen LogP contribution in [0.2, 0.25) is 0 Å². The van der Waals surface area contributed by atoms with Crippen LogP contribution in [0, 0.1) is 11.2 Å². The zero-order valence-electron chi connectivity index (χ0n) is 16.0. The van der Waals surface area contributed by atoms with Crippen molar-refractivity contribution in [3.05, 3.63) is 30.1 Å². The van der Waals surface area contributed by atoms with Crippen molar-refractivity contribution in [2.75, 3.05) is 13.2 Å². The standard InChI is InChI=1S/C21H27FN2O3/c1-14(25)23-12-16-11-21(2)18(23)5-3-4-6-19(21)24(16)20(26)13-27-17-9-7-15(22)8-10-17/h7-10,16,18-19H,3-6,11-13H2,1-2H3/t16-,18+,19-,21+/m0/s1. The van der Waals surface area contributed by atoms with E-state index in [9.17, 15) is 14.0 Å². The van der Waals surface area contributed by atoms with Crippen LogP contribution in [0.15, 0.2) is 24.3 Å². The van der Waals surface area contributed by atoms with E-state index >= 15 is 0 Å². The second kappa shape index (κ2) is 6.80. The van der Waals surface area contributed by atoms with E-state index in [1.165, 1.54) is 24.3 Å². The number of amides is 2.